The van der Waals surface area contributed by atoms with E-state index in [0.717, 1.165) is 13.0 Å². The van der Waals surface area contributed by atoms with Gasteiger partial charge in [-0.05, 0) is 57.7 Å². The van der Waals surface area contributed by atoms with Crippen molar-refractivity contribution in [2.24, 2.45) is 56.4 Å². The zero-order valence-corrected chi connectivity index (χ0v) is 50.6. The molecular formula is C56H69N23O10. The fourth-order valence-electron chi connectivity index (χ4n) is 9.18. The first kappa shape index (κ1) is 63.6. The Morgan fingerprint density at radius 1 is 0.371 bits per heavy atom. The minimum absolute atomic E-state index is 0.00785. The molecule has 468 valence electrons. The van der Waals surface area contributed by atoms with Crippen molar-refractivity contribution in [3.8, 4) is 0 Å². The highest BCUT2D eigenvalue weighted by atomic mass is 16.2. The Hall–Kier alpha value is -11.4. The molecule has 0 spiro atoms. The lowest BCUT2D eigenvalue weighted by Gasteiger charge is -2.10. The molecule has 0 unspecified atom stereocenters. The van der Waals surface area contributed by atoms with E-state index in [9.17, 15) is 47.9 Å². The monoisotopic (exact) mass is 1220 g/mol. The Labute approximate surface area is 508 Å². The fraction of sp³-hybridized carbons (Fsp3) is 0.321. The molecule has 8 aromatic heterocycles. The molecule has 10 amide bonds. The van der Waals surface area contributed by atoms with Crippen molar-refractivity contribution >= 4 is 99.3 Å². The van der Waals surface area contributed by atoms with Crippen LogP contribution < -0.4 is 53.2 Å². The molecule has 0 aromatic carbocycles. The van der Waals surface area contributed by atoms with Gasteiger partial charge in [0.1, 0.15) is 22.8 Å². The maximum absolute atomic E-state index is 13.4. The number of hydrogen-bond donors (Lipinski definition) is 10. The SMILES string of the molecule is CN(C)CCCNC(=O)CCNC(=O)c1cc(NC(=O)c2cc(NC(=O)c3nc(NC(=O)c4nc(NC(=O)CCCNC(=O)c5cc(NC(=O)c6cc(NC(=O)c7nc(NC(=O)c8nccn8C)cn7C)cn6C)cn5C)cn4C)cn3C)cn2C)cn1C. The molecule has 10 N–H and O–H groups in total. The number of anilines is 7. The van der Waals surface area contributed by atoms with E-state index in [1.165, 1.54) is 93.4 Å². The van der Waals surface area contributed by atoms with Crippen molar-refractivity contribution in [3.05, 3.63) is 126 Å². The number of hydrogen-bond acceptors (Lipinski definition) is 15. The second kappa shape index (κ2) is 27.8. The summed E-state index contributed by atoms with van der Waals surface area (Å²) >= 11 is 0. The van der Waals surface area contributed by atoms with Crippen molar-refractivity contribution in [1.29, 1.82) is 0 Å². The van der Waals surface area contributed by atoms with Gasteiger partial charge in [-0.15, -0.1) is 0 Å². The lowest BCUT2D eigenvalue weighted by atomic mass is 10.3. The van der Waals surface area contributed by atoms with Gasteiger partial charge in [0.15, 0.2) is 23.3 Å². The van der Waals surface area contributed by atoms with Crippen molar-refractivity contribution < 1.29 is 47.9 Å². The smallest absolute Gasteiger partial charge is 0.292 e. The topological polar surface area (TPSA) is 385 Å². The van der Waals surface area contributed by atoms with Crippen LogP contribution in [-0.4, -0.2) is 161 Å². The minimum atomic E-state index is -0.695. The number of nitrogens with zero attached hydrogens (tertiary/aromatic N) is 13. The van der Waals surface area contributed by atoms with Crippen LogP contribution >= 0.6 is 0 Å². The zero-order valence-electron chi connectivity index (χ0n) is 50.6. The van der Waals surface area contributed by atoms with Crippen molar-refractivity contribution in [1.82, 2.24) is 77.3 Å². The van der Waals surface area contributed by atoms with Gasteiger partial charge < -0.3 is 94.6 Å². The lowest BCUT2D eigenvalue weighted by molar-refractivity contribution is -0.121. The van der Waals surface area contributed by atoms with Gasteiger partial charge in [0.2, 0.25) is 29.3 Å². The maximum Gasteiger partial charge on any atom is 0.292 e. The van der Waals surface area contributed by atoms with Gasteiger partial charge in [0, 0.05) is 145 Å². The second-order valence-corrected chi connectivity index (χ2v) is 21.1. The van der Waals surface area contributed by atoms with Crippen LogP contribution in [0.25, 0.3) is 0 Å². The molecule has 8 heterocycles. The molecule has 8 aromatic rings. The number of imidazole rings is 4. The summed E-state index contributed by atoms with van der Waals surface area (Å²) in [5.41, 5.74) is 2.07. The van der Waals surface area contributed by atoms with Gasteiger partial charge in [-0.2, -0.15) is 0 Å². The highest BCUT2D eigenvalue weighted by molar-refractivity contribution is 6.09. The first-order chi connectivity index (χ1) is 42.3. The summed E-state index contributed by atoms with van der Waals surface area (Å²) < 4.78 is 11.8. The summed E-state index contributed by atoms with van der Waals surface area (Å²) in [6.07, 6.45) is 14.8. The van der Waals surface area contributed by atoms with Crippen LogP contribution in [0.3, 0.4) is 0 Å². The highest BCUT2D eigenvalue weighted by Crippen LogP contribution is 2.22. The number of carbonyl (C=O) groups excluding carboxylic acids is 10. The largest absolute Gasteiger partial charge is 0.356 e. The molecule has 8 rings (SSSR count). The predicted octanol–water partition coefficient (Wildman–Crippen LogP) is 1.82. The van der Waals surface area contributed by atoms with Gasteiger partial charge in [-0.3, -0.25) is 47.9 Å². The molecule has 0 aliphatic rings. The third kappa shape index (κ3) is 16.1. The van der Waals surface area contributed by atoms with Gasteiger partial charge in [-0.1, -0.05) is 0 Å². The van der Waals surface area contributed by atoms with Crippen LogP contribution in [0.1, 0.15) is 110 Å². The van der Waals surface area contributed by atoms with Gasteiger partial charge in [0.25, 0.3) is 47.3 Å². The van der Waals surface area contributed by atoms with E-state index < -0.39 is 53.2 Å². The molecule has 0 bridgehead atoms. The lowest BCUT2D eigenvalue weighted by Crippen LogP contribution is -2.32. The van der Waals surface area contributed by atoms with Crippen LogP contribution in [-0.2, 0) is 66.0 Å². The number of aromatic nitrogens is 12. The van der Waals surface area contributed by atoms with Crippen LogP contribution in [0.2, 0.25) is 0 Å². The van der Waals surface area contributed by atoms with Crippen LogP contribution in [0, 0.1) is 0 Å². The number of aryl methyl sites for hydroxylation is 8. The number of amides is 10. The van der Waals surface area contributed by atoms with E-state index in [2.05, 4.69) is 73.1 Å². The maximum atomic E-state index is 13.4. The molecular weight excluding hydrogens is 1150 g/mol. The zero-order chi connectivity index (χ0) is 64.4. The Balaban J connectivity index is 0.747. The average Bonchev–Trinajstić information content (AvgIpc) is 2.77. The first-order valence-corrected chi connectivity index (χ1v) is 27.7. The molecule has 33 heteroatoms. The summed E-state index contributed by atoms with van der Waals surface area (Å²) in [5.74, 6) is -4.78. The Morgan fingerprint density at radius 3 is 1.16 bits per heavy atom. The summed E-state index contributed by atoms with van der Waals surface area (Å²) in [7, 11) is 16.8. The number of rotatable bonds is 26. The predicted molar refractivity (Wildman–Crippen MR) is 326 cm³/mol. The molecule has 0 saturated heterocycles. The first-order valence-electron chi connectivity index (χ1n) is 27.7. The summed E-state index contributed by atoms with van der Waals surface area (Å²) in [4.78, 5) is 149. The van der Waals surface area contributed by atoms with Gasteiger partial charge >= 0.3 is 0 Å². The van der Waals surface area contributed by atoms with E-state index >= 15 is 0 Å². The third-order valence-electron chi connectivity index (χ3n) is 13.6. The normalized spacial score (nSPS) is 11.0. The molecule has 0 aliphatic heterocycles. The average molecular weight is 1220 g/mol. The standard InChI is InChI=1S/C56H69N23O10/c1-71(2)19-12-16-57-43(80)14-17-60-50(83)37-22-33(26-74(37)5)62-52(85)39-24-35(28-76(39)7)64-55(88)47-68-42(31-79(47)10)70-56(89)48-66-40(29-77(48)8)65-44(81)13-11-15-59-49(82)36-21-32(25-73(36)4)61-51(84)38-23-34(27-75(38)6)63-54(87)46-67-41(30-78(46)9)69-53(86)45-58-18-20-72(45)3/h18,20-31H,11-17,19H2,1-10H3,(H,57,80)(H,59,82)(H,60,83)(H,61,84)(H,62,85)(H,63,87)(H,64,88)(H,65,81)(H,69,86)(H,70,89). The quantitative estimate of drug-likeness (QED) is 0.0346. The van der Waals surface area contributed by atoms with Crippen LogP contribution in [0.4, 0.5) is 40.2 Å². The van der Waals surface area contributed by atoms with Gasteiger partial charge in [-0.25, -0.2) is 19.9 Å². The summed E-state index contributed by atoms with van der Waals surface area (Å²) in [6, 6.07) is 5.91. The van der Waals surface area contributed by atoms with Crippen molar-refractivity contribution in [2.75, 3.05) is 77.5 Å². The molecule has 0 radical (unpaired) electrons. The van der Waals surface area contributed by atoms with E-state index in [1.807, 2.05) is 19.0 Å². The van der Waals surface area contributed by atoms with E-state index in [-0.39, 0.29) is 107 Å². The molecule has 0 atom stereocenters. The molecule has 0 aliphatic carbocycles. The van der Waals surface area contributed by atoms with E-state index in [0.29, 0.717) is 23.6 Å². The fourth-order valence-corrected chi connectivity index (χ4v) is 9.18. The Kier molecular flexibility index (Phi) is 19.9. The Bertz CT molecular complexity index is 4020. The van der Waals surface area contributed by atoms with E-state index in [1.54, 1.807) is 79.5 Å². The highest BCUT2D eigenvalue weighted by Gasteiger charge is 2.24. The van der Waals surface area contributed by atoms with Crippen LogP contribution in [0.5, 0.6) is 0 Å². The minimum Gasteiger partial charge on any atom is -0.356 e. The van der Waals surface area contributed by atoms with Crippen LogP contribution in [0.15, 0.2) is 80.0 Å². The Morgan fingerprint density at radius 2 is 0.742 bits per heavy atom. The number of carbonyl (C=O) groups is 10. The second-order valence-electron chi connectivity index (χ2n) is 21.1. The van der Waals surface area contributed by atoms with Crippen molar-refractivity contribution in [2.45, 2.75) is 25.7 Å². The van der Waals surface area contributed by atoms with Crippen molar-refractivity contribution in [3.63, 3.8) is 0 Å². The number of nitrogens with one attached hydrogen (secondary N) is 10. The summed E-state index contributed by atoms with van der Waals surface area (Å²) in [6.45, 7) is 1.62. The molecule has 89 heavy (non-hydrogen) atoms. The summed E-state index contributed by atoms with van der Waals surface area (Å²) in [5, 5.41) is 27.1. The molecule has 33 nitrogen and oxygen atoms in total. The third-order valence-corrected chi connectivity index (χ3v) is 13.6. The van der Waals surface area contributed by atoms with Gasteiger partial charge in [0.05, 0.1) is 22.7 Å². The molecule has 0 fully saturated rings. The van der Waals surface area contributed by atoms with E-state index in [4.69, 9.17) is 0 Å². The molecule has 0 saturated carbocycles.